The molecule has 0 amide bonds. The number of halogens is 1. The summed E-state index contributed by atoms with van der Waals surface area (Å²) < 4.78 is 18.4. The van der Waals surface area contributed by atoms with E-state index in [0.717, 1.165) is 23.1 Å². The van der Waals surface area contributed by atoms with Gasteiger partial charge in [0.2, 0.25) is 5.88 Å². The van der Waals surface area contributed by atoms with Gasteiger partial charge in [-0.2, -0.15) is 0 Å². The van der Waals surface area contributed by atoms with Crippen molar-refractivity contribution >= 4 is 0 Å². The van der Waals surface area contributed by atoms with Crippen LogP contribution in [0, 0.1) is 11.9 Å². The number of nitrogens with zero attached hydrogens (tertiary/aromatic N) is 1. The SMILES string of the molecule is COc1ncc(Cc2c[c]ccc2)cc1-c1ccc(F)cc1. The summed E-state index contributed by atoms with van der Waals surface area (Å²) in [5, 5.41) is 0. The van der Waals surface area contributed by atoms with Crippen LogP contribution in [0.4, 0.5) is 4.39 Å². The smallest absolute Gasteiger partial charge is 0.221 e. The van der Waals surface area contributed by atoms with Crippen LogP contribution < -0.4 is 4.74 Å². The molecule has 0 aliphatic carbocycles. The van der Waals surface area contributed by atoms with Crippen molar-refractivity contribution in [3.05, 3.63) is 83.8 Å². The summed E-state index contributed by atoms with van der Waals surface area (Å²) in [7, 11) is 1.58. The van der Waals surface area contributed by atoms with Crippen LogP contribution in [0.25, 0.3) is 11.1 Å². The molecule has 0 unspecified atom stereocenters. The lowest BCUT2D eigenvalue weighted by molar-refractivity contribution is 0.399. The fourth-order valence-corrected chi connectivity index (χ4v) is 2.37. The first-order valence-electron chi connectivity index (χ1n) is 7.00. The van der Waals surface area contributed by atoms with Gasteiger partial charge in [0.05, 0.1) is 7.11 Å². The minimum Gasteiger partial charge on any atom is -0.481 e. The normalized spacial score (nSPS) is 10.5. The Balaban J connectivity index is 1.97. The monoisotopic (exact) mass is 292 g/mol. The minimum atomic E-state index is -0.258. The number of aromatic nitrogens is 1. The molecule has 0 spiro atoms. The number of ether oxygens (including phenoxy) is 1. The summed E-state index contributed by atoms with van der Waals surface area (Å²) in [4.78, 5) is 4.37. The zero-order chi connectivity index (χ0) is 15.4. The molecule has 22 heavy (non-hydrogen) atoms. The van der Waals surface area contributed by atoms with E-state index in [0.29, 0.717) is 5.88 Å². The molecule has 0 saturated carbocycles. The van der Waals surface area contributed by atoms with Crippen molar-refractivity contribution in [2.24, 2.45) is 0 Å². The minimum absolute atomic E-state index is 0.258. The Hall–Kier alpha value is -2.68. The van der Waals surface area contributed by atoms with E-state index in [1.165, 1.54) is 17.7 Å². The summed E-state index contributed by atoms with van der Waals surface area (Å²) in [5.41, 5.74) is 3.98. The molecule has 109 valence electrons. The predicted octanol–water partition coefficient (Wildman–Crippen LogP) is 4.29. The Kier molecular flexibility index (Phi) is 4.15. The van der Waals surface area contributed by atoms with E-state index in [9.17, 15) is 4.39 Å². The molecular formula is C19H15FNO. The molecule has 2 aromatic carbocycles. The lowest BCUT2D eigenvalue weighted by atomic mass is 10.0. The molecule has 0 atom stereocenters. The van der Waals surface area contributed by atoms with Gasteiger partial charge in [0.1, 0.15) is 5.82 Å². The third-order valence-corrected chi connectivity index (χ3v) is 3.44. The molecule has 0 fully saturated rings. The second-order valence-electron chi connectivity index (χ2n) is 5.00. The summed E-state index contributed by atoms with van der Waals surface area (Å²) >= 11 is 0. The molecule has 1 radical (unpaired) electrons. The molecule has 3 heteroatoms. The average molecular weight is 292 g/mol. The maximum absolute atomic E-state index is 13.1. The van der Waals surface area contributed by atoms with Gasteiger partial charge in [0.15, 0.2) is 0 Å². The lowest BCUT2D eigenvalue weighted by Gasteiger charge is -2.10. The third-order valence-electron chi connectivity index (χ3n) is 3.44. The van der Waals surface area contributed by atoms with Crippen molar-refractivity contribution in [3.63, 3.8) is 0 Å². The zero-order valence-corrected chi connectivity index (χ0v) is 12.2. The van der Waals surface area contributed by atoms with Crippen LogP contribution in [0.3, 0.4) is 0 Å². The molecule has 0 saturated heterocycles. The third kappa shape index (κ3) is 3.14. The Labute approximate surface area is 129 Å². The van der Waals surface area contributed by atoms with Crippen molar-refractivity contribution in [2.75, 3.05) is 7.11 Å². The van der Waals surface area contributed by atoms with Crippen LogP contribution in [0.2, 0.25) is 0 Å². The largest absolute Gasteiger partial charge is 0.481 e. The molecule has 3 rings (SSSR count). The Morgan fingerprint density at radius 3 is 2.64 bits per heavy atom. The average Bonchev–Trinajstić information content (AvgIpc) is 2.56. The van der Waals surface area contributed by atoms with Crippen LogP contribution in [0.15, 0.2) is 60.8 Å². The number of hydrogen-bond acceptors (Lipinski definition) is 2. The molecule has 3 aromatic rings. The Bertz CT molecular complexity index is 754. The maximum atomic E-state index is 13.1. The van der Waals surface area contributed by atoms with Gasteiger partial charge in [0, 0.05) is 11.8 Å². The van der Waals surface area contributed by atoms with Gasteiger partial charge in [-0.25, -0.2) is 9.37 Å². The highest BCUT2D eigenvalue weighted by Gasteiger charge is 2.09. The maximum Gasteiger partial charge on any atom is 0.221 e. The number of hydrogen-bond donors (Lipinski definition) is 0. The van der Waals surface area contributed by atoms with Gasteiger partial charge in [-0.3, -0.25) is 0 Å². The molecule has 0 N–H and O–H groups in total. The molecule has 1 heterocycles. The molecule has 1 aromatic heterocycles. The van der Waals surface area contributed by atoms with Crippen molar-refractivity contribution in [3.8, 4) is 17.0 Å². The molecule has 0 aliphatic rings. The van der Waals surface area contributed by atoms with Gasteiger partial charge in [-0.15, -0.1) is 0 Å². The first-order valence-corrected chi connectivity index (χ1v) is 7.00. The highest BCUT2D eigenvalue weighted by atomic mass is 19.1. The Morgan fingerprint density at radius 2 is 1.95 bits per heavy atom. The van der Waals surface area contributed by atoms with Gasteiger partial charge < -0.3 is 4.74 Å². The highest BCUT2D eigenvalue weighted by Crippen LogP contribution is 2.29. The van der Waals surface area contributed by atoms with Crippen LogP contribution in [-0.2, 0) is 6.42 Å². The van der Waals surface area contributed by atoms with Crippen LogP contribution in [0.1, 0.15) is 11.1 Å². The van der Waals surface area contributed by atoms with Crippen molar-refractivity contribution < 1.29 is 9.13 Å². The second kappa shape index (κ2) is 6.39. The van der Waals surface area contributed by atoms with E-state index < -0.39 is 0 Å². The van der Waals surface area contributed by atoms with Crippen molar-refractivity contribution in [1.82, 2.24) is 4.98 Å². The zero-order valence-electron chi connectivity index (χ0n) is 12.2. The fourth-order valence-electron chi connectivity index (χ4n) is 2.37. The standard InChI is InChI=1S/C19H15FNO/c1-22-19-18(16-7-9-17(20)10-8-16)12-15(13-21-19)11-14-5-3-2-4-6-14/h2-3,5-10,12-13H,11H2,1H3. The van der Waals surface area contributed by atoms with E-state index in [1.807, 2.05) is 24.3 Å². The van der Waals surface area contributed by atoms with Crippen LogP contribution >= 0.6 is 0 Å². The fraction of sp³-hybridized carbons (Fsp3) is 0.105. The molecular weight excluding hydrogens is 277 g/mol. The molecule has 2 nitrogen and oxygen atoms in total. The van der Waals surface area contributed by atoms with Gasteiger partial charge in [-0.1, -0.05) is 36.4 Å². The number of benzene rings is 2. The topological polar surface area (TPSA) is 22.1 Å². The van der Waals surface area contributed by atoms with Crippen LogP contribution in [-0.4, -0.2) is 12.1 Å². The quantitative estimate of drug-likeness (QED) is 0.715. The number of pyridine rings is 1. The second-order valence-corrected chi connectivity index (χ2v) is 5.00. The lowest BCUT2D eigenvalue weighted by Crippen LogP contribution is -1.96. The summed E-state index contributed by atoms with van der Waals surface area (Å²) in [6.07, 6.45) is 2.57. The first kappa shape index (κ1) is 14.3. The van der Waals surface area contributed by atoms with Crippen molar-refractivity contribution in [1.29, 1.82) is 0 Å². The van der Waals surface area contributed by atoms with E-state index in [-0.39, 0.29) is 5.82 Å². The molecule has 0 aliphatic heterocycles. The van der Waals surface area contributed by atoms with Crippen LogP contribution in [0.5, 0.6) is 5.88 Å². The number of methoxy groups -OCH3 is 1. The molecule has 0 bridgehead atoms. The van der Waals surface area contributed by atoms with Gasteiger partial charge in [0.25, 0.3) is 0 Å². The predicted molar refractivity (Wildman–Crippen MR) is 84.3 cm³/mol. The van der Waals surface area contributed by atoms with E-state index in [1.54, 1.807) is 25.4 Å². The van der Waals surface area contributed by atoms with Gasteiger partial charge >= 0.3 is 0 Å². The summed E-state index contributed by atoms with van der Waals surface area (Å²) in [6, 6.07) is 19.3. The Morgan fingerprint density at radius 1 is 1.14 bits per heavy atom. The first-order chi connectivity index (χ1) is 10.8. The van der Waals surface area contributed by atoms with E-state index in [2.05, 4.69) is 17.1 Å². The van der Waals surface area contributed by atoms with Gasteiger partial charge in [-0.05, 0) is 47.4 Å². The number of rotatable bonds is 4. The summed E-state index contributed by atoms with van der Waals surface area (Å²) in [5.74, 6) is 0.279. The van der Waals surface area contributed by atoms with Crippen molar-refractivity contribution in [2.45, 2.75) is 6.42 Å². The highest BCUT2D eigenvalue weighted by molar-refractivity contribution is 5.69. The van der Waals surface area contributed by atoms with E-state index >= 15 is 0 Å². The van der Waals surface area contributed by atoms with E-state index in [4.69, 9.17) is 4.74 Å². The summed E-state index contributed by atoms with van der Waals surface area (Å²) in [6.45, 7) is 0.